The summed E-state index contributed by atoms with van der Waals surface area (Å²) in [6.45, 7) is 6.32. The van der Waals surface area contributed by atoms with E-state index in [2.05, 4.69) is 51.1 Å². The van der Waals surface area contributed by atoms with Gasteiger partial charge in [0.05, 0.1) is 0 Å². The normalized spacial score (nSPS) is 11.4. The molecule has 0 spiro atoms. The maximum Gasteiger partial charge on any atom is 0.138 e. The first-order chi connectivity index (χ1) is 7.66. The van der Waals surface area contributed by atoms with Gasteiger partial charge in [0.15, 0.2) is 0 Å². The fourth-order valence-corrected chi connectivity index (χ4v) is 2.39. The maximum atomic E-state index is 5.97. The number of benzene rings is 2. The lowest BCUT2D eigenvalue weighted by atomic mass is 10.1. The Hall–Kier alpha value is -1.76. The lowest BCUT2D eigenvalue weighted by Gasteiger charge is -1.96. The molecule has 0 saturated heterocycles. The van der Waals surface area contributed by atoms with Gasteiger partial charge in [-0.1, -0.05) is 24.3 Å². The largest absolute Gasteiger partial charge is 0.456 e. The standard InChI is InChI=1S/C15H14O/c1-9-7-11(3)15-13(8-9)12-6-4-5-10(2)14(12)16-15/h4-8H,1-3H3. The van der Waals surface area contributed by atoms with Gasteiger partial charge < -0.3 is 4.42 Å². The minimum atomic E-state index is 1.02. The predicted molar refractivity (Wildman–Crippen MR) is 67.9 cm³/mol. The Morgan fingerprint density at radius 3 is 2.38 bits per heavy atom. The number of furan rings is 1. The Bertz CT molecular complexity index is 689. The zero-order valence-corrected chi connectivity index (χ0v) is 9.79. The lowest BCUT2D eigenvalue weighted by molar-refractivity contribution is 0.662. The third-order valence-electron chi connectivity index (χ3n) is 3.13. The van der Waals surface area contributed by atoms with Crippen LogP contribution in [0.25, 0.3) is 21.9 Å². The number of hydrogen-bond donors (Lipinski definition) is 0. The number of para-hydroxylation sites is 1. The molecule has 0 unspecified atom stereocenters. The molecule has 0 aliphatic heterocycles. The highest BCUT2D eigenvalue weighted by atomic mass is 16.3. The van der Waals surface area contributed by atoms with Crippen LogP contribution in [0.15, 0.2) is 34.7 Å². The SMILES string of the molecule is Cc1cc(C)c2oc3c(C)cccc3c2c1. The van der Waals surface area contributed by atoms with E-state index in [-0.39, 0.29) is 0 Å². The van der Waals surface area contributed by atoms with Crippen molar-refractivity contribution in [3.8, 4) is 0 Å². The van der Waals surface area contributed by atoms with Crippen molar-refractivity contribution in [2.24, 2.45) is 0 Å². The molecule has 0 fully saturated rings. The van der Waals surface area contributed by atoms with Gasteiger partial charge in [-0.25, -0.2) is 0 Å². The molecule has 0 aliphatic carbocycles. The van der Waals surface area contributed by atoms with Crippen LogP contribution in [0.3, 0.4) is 0 Å². The van der Waals surface area contributed by atoms with Crippen molar-refractivity contribution in [3.05, 3.63) is 47.0 Å². The molecule has 3 rings (SSSR count). The van der Waals surface area contributed by atoms with Crippen molar-refractivity contribution in [1.29, 1.82) is 0 Å². The van der Waals surface area contributed by atoms with Crippen molar-refractivity contribution in [3.63, 3.8) is 0 Å². The Labute approximate surface area is 94.7 Å². The Kier molecular flexibility index (Phi) is 1.84. The van der Waals surface area contributed by atoms with Crippen LogP contribution in [0.1, 0.15) is 16.7 Å². The zero-order chi connectivity index (χ0) is 11.3. The molecule has 0 bridgehead atoms. The average molecular weight is 210 g/mol. The summed E-state index contributed by atoms with van der Waals surface area (Å²) < 4.78 is 5.97. The molecule has 0 N–H and O–H groups in total. The summed E-state index contributed by atoms with van der Waals surface area (Å²) in [6.07, 6.45) is 0. The molecule has 1 nitrogen and oxygen atoms in total. The second-order valence-corrected chi connectivity index (χ2v) is 4.51. The number of rotatable bonds is 0. The molecule has 0 amide bonds. The molecule has 1 aromatic heterocycles. The molecule has 0 radical (unpaired) electrons. The van der Waals surface area contributed by atoms with E-state index < -0.39 is 0 Å². The molecular formula is C15H14O. The van der Waals surface area contributed by atoms with Crippen LogP contribution in [0, 0.1) is 20.8 Å². The molecule has 3 aromatic rings. The fraction of sp³-hybridized carbons (Fsp3) is 0.200. The van der Waals surface area contributed by atoms with Crippen molar-refractivity contribution in [2.45, 2.75) is 20.8 Å². The van der Waals surface area contributed by atoms with E-state index in [0.717, 1.165) is 11.2 Å². The van der Waals surface area contributed by atoms with E-state index in [1.807, 2.05) is 0 Å². The highest BCUT2D eigenvalue weighted by Gasteiger charge is 2.10. The molecule has 0 saturated carbocycles. The van der Waals surface area contributed by atoms with E-state index in [1.165, 1.54) is 27.5 Å². The van der Waals surface area contributed by atoms with Crippen LogP contribution in [-0.2, 0) is 0 Å². The van der Waals surface area contributed by atoms with Gasteiger partial charge in [-0.2, -0.15) is 0 Å². The van der Waals surface area contributed by atoms with Gasteiger partial charge in [0, 0.05) is 10.8 Å². The molecule has 0 atom stereocenters. The minimum Gasteiger partial charge on any atom is -0.456 e. The number of fused-ring (bicyclic) bond motifs is 3. The van der Waals surface area contributed by atoms with Crippen molar-refractivity contribution >= 4 is 21.9 Å². The highest BCUT2D eigenvalue weighted by molar-refractivity contribution is 6.06. The summed E-state index contributed by atoms with van der Waals surface area (Å²) in [6, 6.07) is 10.7. The van der Waals surface area contributed by atoms with Crippen LogP contribution in [0.4, 0.5) is 0 Å². The minimum absolute atomic E-state index is 1.02. The van der Waals surface area contributed by atoms with E-state index in [4.69, 9.17) is 4.42 Å². The van der Waals surface area contributed by atoms with Gasteiger partial charge in [-0.15, -0.1) is 0 Å². The van der Waals surface area contributed by atoms with Crippen LogP contribution in [-0.4, -0.2) is 0 Å². The Balaban J connectivity index is 2.61. The number of hydrogen-bond acceptors (Lipinski definition) is 1. The first-order valence-electron chi connectivity index (χ1n) is 5.56. The fourth-order valence-electron chi connectivity index (χ4n) is 2.39. The molecule has 16 heavy (non-hydrogen) atoms. The monoisotopic (exact) mass is 210 g/mol. The number of aryl methyl sites for hydroxylation is 3. The van der Waals surface area contributed by atoms with Gasteiger partial charge in [0.2, 0.25) is 0 Å². The van der Waals surface area contributed by atoms with E-state index in [1.54, 1.807) is 0 Å². The smallest absolute Gasteiger partial charge is 0.138 e. The molecular weight excluding hydrogens is 196 g/mol. The quantitative estimate of drug-likeness (QED) is 0.532. The maximum absolute atomic E-state index is 5.97. The molecule has 0 aliphatic rings. The molecule has 1 heteroatoms. The Morgan fingerprint density at radius 1 is 0.812 bits per heavy atom. The Morgan fingerprint density at radius 2 is 1.56 bits per heavy atom. The highest BCUT2D eigenvalue weighted by Crippen LogP contribution is 2.33. The second-order valence-electron chi connectivity index (χ2n) is 4.51. The van der Waals surface area contributed by atoms with Crippen molar-refractivity contribution in [1.82, 2.24) is 0 Å². The third kappa shape index (κ3) is 1.18. The zero-order valence-electron chi connectivity index (χ0n) is 9.79. The summed E-state index contributed by atoms with van der Waals surface area (Å²) in [5.41, 5.74) is 5.74. The lowest BCUT2D eigenvalue weighted by Crippen LogP contribution is -1.77. The van der Waals surface area contributed by atoms with Crippen LogP contribution < -0.4 is 0 Å². The topological polar surface area (TPSA) is 13.1 Å². The van der Waals surface area contributed by atoms with Crippen molar-refractivity contribution in [2.75, 3.05) is 0 Å². The summed E-state index contributed by atoms with van der Waals surface area (Å²) in [7, 11) is 0. The third-order valence-corrected chi connectivity index (χ3v) is 3.13. The summed E-state index contributed by atoms with van der Waals surface area (Å²) in [5.74, 6) is 0. The average Bonchev–Trinajstić information content (AvgIpc) is 2.59. The van der Waals surface area contributed by atoms with Crippen molar-refractivity contribution < 1.29 is 4.42 Å². The first kappa shape index (κ1) is 9.46. The van der Waals surface area contributed by atoms with Gasteiger partial charge in [0.1, 0.15) is 11.2 Å². The van der Waals surface area contributed by atoms with E-state index in [0.29, 0.717) is 0 Å². The van der Waals surface area contributed by atoms with Gasteiger partial charge in [-0.05, 0) is 43.5 Å². The van der Waals surface area contributed by atoms with Gasteiger partial charge in [0.25, 0.3) is 0 Å². The van der Waals surface area contributed by atoms with Gasteiger partial charge >= 0.3 is 0 Å². The van der Waals surface area contributed by atoms with Crippen LogP contribution in [0.5, 0.6) is 0 Å². The summed E-state index contributed by atoms with van der Waals surface area (Å²) in [5, 5.41) is 2.46. The van der Waals surface area contributed by atoms with E-state index >= 15 is 0 Å². The second kappa shape index (κ2) is 3.11. The predicted octanol–water partition coefficient (Wildman–Crippen LogP) is 4.51. The van der Waals surface area contributed by atoms with Crippen LogP contribution in [0.2, 0.25) is 0 Å². The van der Waals surface area contributed by atoms with Crippen LogP contribution >= 0.6 is 0 Å². The molecule has 1 heterocycles. The van der Waals surface area contributed by atoms with Gasteiger partial charge in [-0.3, -0.25) is 0 Å². The summed E-state index contributed by atoms with van der Waals surface area (Å²) >= 11 is 0. The summed E-state index contributed by atoms with van der Waals surface area (Å²) in [4.78, 5) is 0. The molecule has 2 aromatic carbocycles. The van der Waals surface area contributed by atoms with E-state index in [9.17, 15) is 0 Å². The molecule has 80 valence electrons. The first-order valence-corrected chi connectivity index (χ1v) is 5.56.